The van der Waals surface area contributed by atoms with Crippen molar-refractivity contribution in [3.63, 3.8) is 0 Å². The third kappa shape index (κ3) is 4.43. The minimum Gasteiger partial charge on any atom is -0.340 e. The summed E-state index contributed by atoms with van der Waals surface area (Å²) in [5.74, 6) is -0.891. The zero-order chi connectivity index (χ0) is 23.0. The van der Waals surface area contributed by atoms with Crippen LogP contribution in [0.3, 0.4) is 0 Å². The van der Waals surface area contributed by atoms with Crippen LogP contribution in [0.2, 0.25) is 0 Å². The van der Waals surface area contributed by atoms with Crippen molar-refractivity contribution in [1.29, 1.82) is 0 Å². The van der Waals surface area contributed by atoms with Crippen LogP contribution in [-0.2, 0) is 6.42 Å². The molecule has 166 valence electrons. The quantitative estimate of drug-likeness (QED) is 0.466. The summed E-state index contributed by atoms with van der Waals surface area (Å²) in [6.45, 7) is 3.25. The van der Waals surface area contributed by atoms with Crippen molar-refractivity contribution in [1.82, 2.24) is 30.1 Å². The van der Waals surface area contributed by atoms with E-state index < -0.39 is 30.4 Å². The fraction of sp³-hybridized carbons (Fsp3) is 0.250. The lowest BCUT2D eigenvalue weighted by atomic mass is 10.0. The van der Waals surface area contributed by atoms with E-state index in [0.29, 0.717) is 17.0 Å². The number of hydrogen-bond acceptors (Lipinski definition) is 6. The molecule has 0 saturated carbocycles. The zero-order valence-corrected chi connectivity index (χ0v) is 16.8. The minimum absolute atomic E-state index is 0.0446. The van der Waals surface area contributed by atoms with Crippen molar-refractivity contribution >= 4 is 11.6 Å². The van der Waals surface area contributed by atoms with Crippen molar-refractivity contribution in [3.05, 3.63) is 65.4 Å². The summed E-state index contributed by atoms with van der Waals surface area (Å²) in [5.41, 5.74) is 0.925. The maximum absolute atomic E-state index is 13.4. The van der Waals surface area contributed by atoms with Crippen molar-refractivity contribution in [3.8, 4) is 11.1 Å². The van der Waals surface area contributed by atoms with Gasteiger partial charge in [0.2, 0.25) is 5.89 Å². The Hall–Kier alpha value is -3.83. The fourth-order valence-corrected chi connectivity index (χ4v) is 3.14. The molecule has 0 bridgehead atoms. The number of benzene rings is 1. The first kappa shape index (κ1) is 21.4. The predicted molar refractivity (Wildman–Crippen MR) is 103 cm³/mol. The second-order valence-corrected chi connectivity index (χ2v) is 7.13. The Kier molecular flexibility index (Phi) is 5.36. The van der Waals surface area contributed by atoms with Gasteiger partial charge >= 0.3 is 6.18 Å². The third-order valence-electron chi connectivity index (χ3n) is 4.61. The molecule has 1 amide bonds. The van der Waals surface area contributed by atoms with E-state index in [2.05, 4.69) is 25.7 Å². The van der Waals surface area contributed by atoms with Crippen molar-refractivity contribution in [2.75, 3.05) is 0 Å². The van der Waals surface area contributed by atoms with Gasteiger partial charge in [0.05, 0.1) is 5.56 Å². The summed E-state index contributed by atoms with van der Waals surface area (Å²) in [6.07, 6.45) is -4.63. The number of alkyl halides is 3. The Morgan fingerprint density at radius 2 is 1.94 bits per heavy atom. The maximum Gasteiger partial charge on any atom is 0.396 e. The van der Waals surface area contributed by atoms with E-state index in [-0.39, 0.29) is 22.9 Å². The van der Waals surface area contributed by atoms with Gasteiger partial charge in [0.15, 0.2) is 11.5 Å². The predicted octanol–water partition coefficient (Wildman–Crippen LogP) is 3.82. The fourth-order valence-electron chi connectivity index (χ4n) is 3.14. The Balaban J connectivity index is 1.78. The number of nitrogens with one attached hydrogen (secondary N) is 1. The van der Waals surface area contributed by atoms with E-state index in [0.717, 1.165) is 4.40 Å². The zero-order valence-electron chi connectivity index (χ0n) is 16.8. The SMILES string of the molecule is Cc1noc([C@@H](C)NC(=O)c2cc(-c3ccc(F)cc3)c3nnc(CC(F)(F)F)n3c2)n1. The third-order valence-corrected chi connectivity index (χ3v) is 4.61. The van der Waals surface area contributed by atoms with Gasteiger partial charge in [0.25, 0.3) is 5.91 Å². The lowest BCUT2D eigenvalue weighted by Crippen LogP contribution is -2.27. The second kappa shape index (κ2) is 8.02. The molecule has 0 fully saturated rings. The number of rotatable bonds is 5. The van der Waals surface area contributed by atoms with Gasteiger partial charge < -0.3 is 9.84 Å². The second-order valence-electron chi connectivity index (χ2n) is 7.13. The van der Waals surface area contributed by atoms with Gasteiger partial charge in [-0.25, -0.2) is 4.39 Å². The Labute approximate surface area is 178 Å². The number of hydrogen-bond donors (Lipinski definition) is 1. The summed E-state index contributed by atoms with van der Waals surface area (Å²) in [5, 5.41) is 13.8. The molecule has 3 aromatic heterocycles. The highest BCUT2D eigenvalue weighted by Gasteiger charge is 2.31. The van der Waals surface area contributed by atoms with Gasteiger partial charge in [-0.2, -0.15) is 18.2 Å². The van der Waals surface area contributed by atoms with Crippen LogP contribution in [0.15, 0.2) is 41.1 Å². The number of aryl methyl sites for hydroxylation is 1. The summed E-state index contributed by atoms with van der Waals surface area (Å²) in [7, 11) is 0. The Morgan fingerprint density at radius 3 is 2.56 bits per heavy atom. The molecule has 4 rings (SSSR count). The Bertz CT molecular complexity index is 1280. The van der Waals surface area contributed by atoms with Gasteiger partial charge in [0.1, 0.15) is 24.1 Å². The van der Waals surface area contributed by atoms with Gasteiger partial charge in [-0.05, 0) is 37.6 Å². The topological polar surface area (TPSA) is 98.2 Å². The van der Waals surface area contributed by atoms with E-state index in [1.165, 1.54) is 36.5 Å². The van der Waals surface area contributed by atoms with Crippen molar-refractivity contribution in [2.45, 2.75) is 32.5 Å². The molecule has 3 heterocycles. The highest BCUT2D eigenvalue weighted by molar-refractivity contribution is 5.96. The van der Waals surface area contributed by atoms with Crippen LogP contribution >= 0.6 is 0 Å². The molecule has 1 N–H and O–H groups in total. The van der Waals surface area contributed by atoms with Crippen LogP contribution in [-0.4, -0.2) is 36.8 Å². The molecular weight excluding hydrogens is 432 g/mol. The molecule has 0 unspecified atom stereocenters. The highest BCUT2D eigenvalue weighted by Crippen LogP contribution is 2.28. The summed E-state index contributed by atoms with van der Waals surface area (Å²) < 4.78 is 58.6. The van der Waals surface area contributed by atoms with E-state index in [1.807, 2.05) is 0 Å². The average Bonchev–Trinajstić information content (AvgIpc) is 3.33. The largest absolute Gasteiger partial charge is 0.396 e. The van der Waals surface area contributed by atoms with Crippen molar-refractivity contribution < 1.29 is 26.9 Å². The van der Waals surface area contributed by atoms with Gasteiger partial charge in [-0.3, -0.25) is 9.20 Å². The van der Waals surface area contributed by atoms with E-state index in [1.54, 1.807) is 13.8 Å². The number of nitrogens with zero attached hydrogens (tertiary/aromatic N) is 5. The molecule has 32 heavy (non-hydrogen) atoms. The lowest BCUT2D eigenvalue weighted by Gasteiger charge is -2.13. The first-order valence-corrected chi connectivity index (χ1v) is 9.42. The lowest BCUT2D eigenvalue weighted by molar-refractivity contribution is -0.128. The highest BCUT2D eigenvalue weighted by atomic mass is 19.4. The van der Waals surface area contributed by atoms with Crippen LogP contribution in [0, 0.1) is 12.7 Å². The monoisotopic (exact) mass is 448 g/mol. The molecule has 0 radical (unpaired) electrons. The molecule has 8 nitrogen and oxygen atoms in total. The van der Waals surface area contributed by atoms with Gasteiger partial charge in [0, 0.05) is 11.8 Å². The average molecular weight is 448 g/mol. The molecule has 0 aliphatic carbocycles. The molecule has 1 aromatic carbocycles. The molecular formula is C20H16F4N6O2. The number of halogens is 4. The van der Waals surface area contributed by atoms with E-state index in [9.17, 15) is 22.4 Å². The smallest absolute Gasteiger partial charge is 0.340 e. The number of fused-ring (bicyclic) bond motifs is 1. The molecule has 1 atom stereocenters. The van der Waals surface area contributed by atoms with Crippen LogP contribution in [0.4, 0.5) is 17.6 Å². The number of pyridine rings is 1. The number of amides is 1. The first-order valence-electron chi connectivity index (χ1n) is 9.42. The summed E-state index contributed by atoms with van der Waals surface area (Å²) >= 11 is 0. The van der Waals surface area contributed by atoms with Gasteiger partial charge in [-0.15, -0.1) is 10.2 Å². The van der Waals surface area contributed by atoms with Crippen LogP contribution in [0.1, 0.15) is 40.9 Å². The molecule has 0 saturated heterocycles. The molecule has 4 aromatic rings. The normalized spacial score (nSPS) is 12.8. The number of carbonyl (C=O) groups is 1. The molecule has 12 heteroatoms. The standard InChI is InChI=1S/C20H16F4N6O2/c1-10(19-26-11(2)29-32-19)25-18(31)13-7-15(12-3-5-14(21)6-4-12)17-28-27-16(30(17)9-13)8-20(22,23)24/h3-7,9-10H,8H2,1-2H3,(H,25,31)/t10-/m1/s1. The van der Waals surface area contributed by atoms with Crippen molar-refractivity contribution in [2.24, 2.45) is 0 Å². The van der Waals surface area contributed by atoms with E-state index in [4.69, 9.17) is 4.52 Å². The number of carbonyl (C=O) groups excluding carboxylic acids is 1. The summed E-state index contributed by atoms with van der Waals surface area (Å²) in [6, 6.07) is 6.08. The number of aromatic nitrogens is 5. The summed E-state index contributed by atoms with van der Waals surface area (Å²) in [4.78, 5) is 16.9. The van der Waals surface area contributed by atoms with Crippen LogP contribution in [0.5, 0.6) is 0 Å². The van der Waals surface area contributed by atoms with Crippen LogP contribution < -0.4 is 5.32 Å². The first-order chi connectivity index (χ1) is 15.1. The molecule has 0 aliphatic rings. The van der Waals surface area contributed by atoms with Gasteiger partial charge in [-0.1, -0.05) is 17.3 Å². The maximum atomic E-state index is 13.4. The molecule has 0 spiro atoms. The van der Waals surface area contributed by atoms with E-state index >= 15 is 0 Å². The Morgan fingerprint density at radius 1 is 1.22 bits per heavy atom. The van der Waals surface area contributed by atoms with Crippen LogP contribution in [0.25, 0.3) is 16.8 Å². The minimum atomic E-state index is -4.53. The molecule has 0 aliphatic heterocycles.